The average Bonchev–Trinajstić information content (AvgIpc) is 2.28. The van der Waals surface area contributed by atoms with Gasteiger partial charge in [0.1, 0.15) is 5.54 Å². The molecule has 1 unspecified atom stereocenters. The van der Waals surface area contributed by atoms with Crippen molar-refractivity contribution in [3.63, 3.8) is 0 Å². The SMILES string of the molecule is CCC1(CCC(C)(N)C(=O)O)CCCCC1. The Morgan fingerprint density at radius 2 is 1.94 bits per heavy atom. The van der Waals surface area contributed by atoms with Gasteiger partial charge in [0.25, 0.3) is 0 Å². The number of carboxylic acids is 1. The number of aliphatic carboxylic acids is 1. The second-order valence-corrected chi connectivity index (χ2v) is 5.64. The van der Waals surface area contributed by atoms with Gasteiger partial charge in [0.15, 0.2) is 0 Å². The lowest BCUT2D eigenvalue weighted by Gasteiger charge is -2.38. The Hall–Kier alpha value is -0.570. The summed E-state index contributed by atoms with van der Waals surface area (Å²) in [7, 11) is 0. The number of carboxylic acid groups (broad SMARTS) is 1. The first kappa shape index (κ1) is 13.5. The van der Waals surface area contributed by atoms with E-state index < -0.39 is 11.5 Å². The predicted octanol–water partition coefficient (Wildman–Crippen LogP) is 2.93. The summed E-state index contributed by atoms with van der Waals surface area (Å²) in [6, 6.07) is 0. The monoisotopic (exact) mass is 227 g/mol. The zero-order valence-corrected chi connectivity index (χ0v) is 10.6. The predicted molar refractivity (Wildman–Crippen MR) is 65.3 cm³/mol. The van der Waals surface area contributed by atoms with Gasteiger partial charge in [0.2, 0.25) is 0 Å². The fraction of sp³-hybridized carbons (Fsp3) is 0.923. The molecule has 16 heavy (non-hydrogen) atoms. The third kappa shape index (κ3) is 3.21. The van der Waals surface area contributed by atoms with E-state index in [0.29, 0.717) is 11.8 Å². The molecule has 1 aliphatic carbocycles. The van der Waals surface area contributed by atoms with Crippen LogP contribution in [0.5, 0.6) is 0 Å². The molecule has 3 heteroatoms. The van der Waals surface area contributed by atoms with E-state index in [1.54, 1.807) is 6.92 Å². The highest BCUT2D eigenvalue weighted by Crippen LogP contribution is 2.43. The van der Waals surface area contributed by atoms with Crippen LogP contribution < -0.4 is 5.73 Å². The number of hydrogen-bond donors (Lipinski definition) is 2. The summed E-state index contributed by atoms with van der Waals surface area (Å²) in [6.45, 7) is 3.85. The lowest BCUT2D eigenvalue weighted by atomic mass is 9.68. The second-order valence-electron chi connectivity index (χ2n) is 5.64. The first-order valence-corrected chi connectivity index (χ1v) is 6.44. The fourth-order valence-corrected chi connectivity index (χ4v) is 2.71. The van der Waals surface area contributed by atoms with Crippen LogP contribution in [0.1, 0.15) is 65.2 Å². The van der Waals surface area contributed by atoms with Gasteiger partial charge in [-0.2, -0.15) is 0 Å². The van der Waals surface area contributed by atoms with Crippen LogP contribution in [0.4, 0.5) is 0 Å². The Labute approximate surface area is 98.4 Å². The van der Waals surface area contributed by atoms with Gasteiger partial charge in [-0.15, -0.1) is 0 Å². The van der Waals surface area contributed by atoms with Crippen LogP contribution >= 0.6 is 0 Å². The Balaban J connectivity index is 2.54. The molecule has 1 saturated carbocycles. The summed E-state index contributed by atoms with van der Waals surface area (Å²) in [5.41, 5.74) is 5.10. The van der Waals surface area contributed by atoms with Crippen molar-refractivity contribution in [2.75, 3.05) is 0 Å². The van der Waals surface area contributed by atoms with E-state index in [9.17, 15) is 4.79 Å². The van der Waals surface area contributed by atoms with Gasteiger partial charge >= 0.3 is 5.97 Å². The first-order valence-electron chi connectivity index (χ1n) is 6.44. The largest absolute Gasteiger partial charge is 0.480 e. The van der Waals surface area contributed by atoms with E-state index in [1.165, 1.54) is 32.1 Å². The van der Waals surface area contributed by atoms with Crippen molar-refractivity contribution in [1.29, 1.82) is 0 Å². The van der Waals surface area contributed by atoms with Crippen LogP contribution in [-0.4, -0.2) is 16.6 Å². The van der Waals surface area contributed by atoms with Crippen LogP contribution in [0.3, 0.4) is 0 Å². The van der Waals surface area contributed by atoms with Crippen molar-refractivity contribution in [3.8, 4) is 0 Å². The fourth-order valence-electron chi connectivity index (χ4n) is 2.71. The van der Waals surface area contributed by atoms with Gasteiger partial charge in [-0.3, -0.25) is 4.79 Å². The molecule has 0 aromatic heterocycles. The molecule has 1 atom stereocenters. The summed E-state index contributed by atoms with van der Waals surface area (Å²) in [5.74, 6) is -0.880. The van der Waals surface area contributed by atoms with E-state index in [0.717, 1.165) is 12.8 Å². The van der Waals surface area contributed by atoms with Crippen molar-refractivity contribution in [1.82, 2.24) is 0 Å². The third-order valence-electron chi connectivity index (χ3n) is 4.33. The normalized spacial score (nSPS) is 23.7. The average molecular weight is 227 g/mol. The van der Waals surface area contributed by atoms with Crippen molar-refractivity contribution in [2.45, 2.75) is 70.8 Å². The van der Waals surface area contributed by atoms with Crippen LogP contribution in [-0.2, 0) is 4.79 Å². The molecule has 1 rings (SSSR count). The third-order valence-corrected chi connectivity index (χ3v) is 4.33. The van der Waals surface area contributed by atoms with Gasteiger partial charge in [-0.25, -0.2) is 0 Å². The Bertz CT molecular complexity index is 242. The molecule has 94 valence electrons. The Morgan fingerprint density at radius 1 is 1.38 bits per heavy atom. The molecule has 0 spiro atoms. The van der Waals surface area contributed by atoms with E-state index in [4.69, 9.17) is 10.8 Å². The molecule has 0 aromatic carbocycles. The molecule has 0 aromatic rings. The van der Waals surface area contributed by atoms with E-state index in [2.05, 4.69) is 6.92 Å². The quantitative estimate of drug-likeness (QED) is 0.759. The topological polar surface area (TPSA) is 63.3 Å². The summed E-state index contributed by atoms with van der Waals surface area (Å²) in [5, 5.41) is 9.00. The van der Waals surface area contributed by atoms with E-state index >= 15 is 0 Å². The van der Waals surface area contributed by atoms with E-state index in [-0.39, 0.29) is 0 Å². The molecule has 0 saturated heterocycles. The van der Waals surface area contributed by atoms with Crippen molar-refractivity contribution < 1.29 is 9.90 Å². The summed E-state index contributed by atoms with van der Waals surface area (Å²) in [4.78, 5) is 11.0. The van der Waals surface area contributed by atoms with Crippen molar-refractivity contribution in [2.24, 2.45) is 11.1 Å². The molecule has 0 heterocycles. The highest BCUT2D eigenvalue weighted by Gasteiger charge is 2.35. The minimum atomic E-state index is -1.06. The highest BCUT2D eigenvalue weighted by molar-refractivity contribution is 5.77. The maximum absolute atomic E-state index is 11.0. The first-order chi connectivity index (χ1) is 7.42. The minimum Gasteiger partial charge on any atom is -0.480 e. The maximum Gasteiger partial charge on any atom is 0.323 e. The summed E-state index contributed by atoms with van der Waals surface area (Å²) in [6.07, 6.45) is 9.13. The molecule has 3 nitrogen and oxygen atoms in total. The highest BCUT2D eigenvalue weighted by atomic mass is 16.4. The molecule has 0 aliphatic heterocycles. The molecule has 1 aliphatic rings. The number of carbonyl (C=O) groups is 1. The van der Waals surface area contributed by atoms with Gasteiger partial charge in [-0.1, -0.05) is 32.6 Å². The minimum absolute atomic E-state index is 0.369. The Kier molecular flexibility index (Phi) is 4.36. The zero-order chi connectivity index (χ0) is 12.2. The molecular weight excluding hydrogens is 202 g/mol. The van der Waals surface area contributed by atoms with Gasteiger partial charge in [0, 0.05) is 0 Å². The summed E-state index contributed by atoms with van der Waals surface area (Å²) >= 11 is 0. The van der Waals surface area contributed by atoms with Crippen LogP contribution in [0.2, 0.25) is 0 Å². The van der Waals surface area contributed by atoms with Gasteiger partial charge < -0.3 is 10.8 Å². The smallest absolute Gasteiger partial charge is 0.323 e. The van der Waals surface area contributed by atoms with Crippen LogP contribution in [0, 0.1) is 5.41 Å². The number of nitrogens with two attached hydrogens (primary N) is 1. The zero-order valence-electron chi connectivity index (χ0n) is 10.6. The molecule has 0 bridgehead atoms. The molecule has 3 N–H and O–H groups in total. The number of hydrogen-bond acceptors (Lipinski definition) is 2. The van der Waals surface area contributed by atoms with Crippen molar-refractivity contribution >= 4 is 5.97 Å². The Morgan fingerprint density at radius 3 is 2.38 bits per heavy atom. The van der Waals surface area contributed by atoms with Crippen molar-refractivity contribution in [3.05, 3.63) is 0 Å². The number of rotatable bonds is 5. The molecule has 0 amide bonds. The molecule has 1 fully saturated rings. The molecular formula is C13H25NO2. The standard InChI is InChI=1S/C13H25NO2/c1-3-13(7-5-4-6-8-13)10-9-12(2,14)11(15)16/h3-10,14H2,1-2H3,(H,15,16). The van der Waals surface area contributed by atoms with Crippen LogP contribution in [0.25, 0.3) is 0 Å². The lowest BCUT2D eigenvalue weighted by Crippen LogP contribution is -2.45. The summed E-state index contributed by atoms with van der Waals surface area (Å²) < 4.78 is 0. The molecule has 0 radical (unpaired) electrons. The van der Waals surface area contributed by atoms with Gasteiger partial charge in [-0.05, 0) is 38.0 Å². The van der Waals surface area contributed by atoms with E-state index in [1.807, 2.05) is 0 Å². The maximum atomic E-state index is 11.0. The van der Waals surface area contributed by atoms with Gasteiger partial charge in [0.05, 0.1) is 0 Å². The van der Waals surface area contributed by atoms with Crippen LogP contribution in [0.15, 0.2) is 0 Å². The second kappa shape index (κ2) is 5.17. The lowest BCUT2D eigenvalue weighted by molar-refractivity contribution is -0.143.